The van der Waals surface area contributed by atoms with Crippen molar-refractivity contribution >= 4 is 13.5 Å². The first-order valence-electron chi connectivity index (χ1n) is 6.19. The van der Waals surface area contributed by atoms with E-state index in [4.69, 9.17) is 20.3 Å². The van der Waals surface area contributed by atoms with E-state index in [0.717, 1.165) is 0 Å². The number of aromatic amines is 1. The Morgan fingerprint density at radius 3 is 2.61 bits per heavy atom. The average molecular weight is 353 g/mol. The van der Waals surface area contributed by atoms with Crippen LogP contribution in [0.4, 0.5) is 4.39 Å². The molecule has 1 saturated heterocycles. The van der Waals surface area contributed by atoms with Crippen LogP contribution in [0.3, 0.4) is 0 Å². The zero-order valence-corrected chi connectivity index (χ0v) is 12.2. The normalized spacial score (nSPS) is 28.0. The molecule has 0 bridgehead atoms. The molecule has 0 unspecified atom stereocenters. The van der Waals surface area contributed by atoms with Crippen molar-refractivity contribution in [3.63, 3.8) is 0 Å². The first-order valence-corrected chi connectivity index (χ1v) is 7.99. The van der Waals surface area contributed by atoms with Crippen LogP contribution in [0.25, 0.3) is 0 Å². The summed E-state index contributed by atoms with van der Waals surface area (Å²) in [5.74, 6) is -1.23. The summed E-state index contributed by atoms with van der Waals surface area (Å²) in [4.78, 5) is 53.9. The van der Waals surface area contributed by atoms with Crippen LogP contribution in [-0.4, -0.2) is 54.9 Å². The maximum atomic E-state index is 14.2. The SMILES string of the molecule is NC(=O)c1cc(=O)[nH]c(=O)n1[C@@H]1O[C@H](CP(=O)(O)O)[C@@H](O)[C@H]1F. The largest absolute Gasteiger partial charge is 0.387 e. The van der Waals surface area contributed by atoms with Crippen molar-refractivity contribution in [3.8, 4) is 0 Å². The minimum absolute atomic E-state index is 0.386. The molecule has 2 rings (SSSR count). The van der Waals surface area contributed by atoms with Gasteiger partial charge in [0.15, 0.2) is 12.4 Å². The number of primary amides is 1. The molecule has 0 radical (unpaired) electrons. The zero-order chi connectivity index (χ0) is 17.5. The topological polar surface area (TPSA) is 185 Å². The van der Waals surface area contributed by atoms with Crippen molar-refractivity contribution in [2.75, 3.05) is 6.16 Å². The van der Waals surface area contributed by atoms with Gasteiger partial charge in [-0.2, -0.15) is 0 Å². The van der Waals surface area contributed by atoms with Crippen molar-refractivity contribution in [2.24, 2.45) is 5.73 Å². The molecule has 0 aliphatic carbocycles. The molecule has 13 heteroatoms. The first-order chi connectivity index (χ1) is 10.5. The fourth-order valence-corrected chi connectivity index (χ4v) is 3.02. The summed E-state index contributed by atoms with van der Waals surface area (Å²) < 4.78 is 30.5. The highest BCUT2D eigenvalue weighted by Crippen LogP contribution is 2.41. The molecular weight excluding hydrogens is 340 g/mol. The monoisotopic (exact) mass is 353 g/mol. The van der Waals surface area contributed by atoms with E-state index in [-0.39, 0.29) is 0 Å². The van der Waals surface area contributed by atoms with E-state index in [1.165, 1.54) is 0 Å². The summed E-state index contributed by atoms with van der Waals surface area (Å²) in [7, 11) is -4.64. The highest BCUT2D eigenvalue weighted by atomic mass is 31.2. The van der Waals surface area contributed by atoms with Gasteiger partial charge in [-0.25, -0.2) is 9.18 Å². The summed E-state index contributed by atoms with van der Waals surface area (Å²) >= 11 is 0. The van der Waals surface area contributed by atoms with Gasteiger partial charge < -0.3 is 25.4 Å². The van der Waals surface area contributed by atoms with E-state index >= 15 is 0 Å². The van der Waals surface area contributed by atoms with Crippen LogP contribution in [0, 0.1) is 0 Å². The second-order valence-corrected chi connectivity index (χ2v) is 6.60. The lowest BCUT2D eigenvalue weighted by atomic mass is 10.1. The molecule has 6 N–H and O–H groups in total. The summed E-state index contributed by atoms with van der Waals surface area (Å²) in [6.07, 6.45) is -8.72. The van der Waals surface area contributed by atoms with Crippen molar-refractivity contribution in [2.45, 2.75) is 24.6 Å². The Morgan fingerprint density at radius 1 is 1.48 bits per heavy atom. The van der Waals surface area contributed by atoms with Gasteiger partial charge in [-0.1, -0.05) is 0 Å². The lowest BCUT2D eigenvalue weighted by Crippen LogP contribution is -2.40. The summed E-state index contributed by atoms with van der Waals surface area (Å²) in [6.45, 7) is 0. The van der Waals surface area contributed by atoms with E-state index in [2.05, 4.69) is 0 Å². The van der Waals surface area contributed by atoms with Crippen molar-refractivity contribution in [1.82, 2.24) is 9.55 Å². The van der Waals surface area contributed by atoms with Crippen molar-refractivity contribution in [1.29, 1.82) is 0 Å². The third-order valence-corrected chi connectivity index (χ3v) is 4.03. The van der Waals surface area contributed by atoms with Gasteiger partial charge in [0, 0.05) is 6.07 Å². The number of carbonyl (C=O) groups is 1. The molecule has 0 saturated carbocycles. The van der Waals surface area contributed by atoms with Gasteiger partial charge in [-0.05, 0) is 0 Å². The van der Waals surface area contributed by atoms with E-state index in [1.54, 1.807) is 4.98 Å². The molecule has 0 spiro atoms. The minimum Gasteiger partial charge on any atom is -0.387 e. The number of ether oxygens (including phenoxy) is 1. The first kappa shape index (κ1) is 17.5. The van der Waals surface area contributed by atoms with Gasteiger partial charge >= 0.3 is 13.3 Å². The number of alkyl halides is 1. The van der Waals surface area contributed by atoms with E-state index in [9.17, 15) is 28.4 Å². The van der Waals surface area contributed by atoms with Gasteiger partial charge in [0.1, 0.15) is 17.9 Å². The highest BCUT2D eigenvalue weighted by Gasteiger charge is 2.48. The Kier molecular flexibility index (Phi) is 4.55. The second-order valence-electron chi connectivity index (χ2n) is 4.91. The Morgan fingerprint density at radius 2 is 2.09 bits per heavy atom. The molecule has 11 nitrogen and oxygen atoms in total. The Hall–Kier alpha value is -1.85. The maximum Gasteiger partial charge on any atom is 0.331 e. The molecule has 23 heavy (non-hydrogen) atoms. The molecule has 1 aromatic rings. The van der Waals surface area contributed by atoms with Crippen molar-refractivity contribution in [3.05, 3.63) is 32.6 Å². The quantitative estimate of drug-likeness (QED) is 0.365. The number of aromatic nitrogens is 2. The number of halogens is 1. The number of rotatable bonds is 4. The Labute approximate surface area is 126 Å². The third-order valence-electron chi connectivity index (χ3n) is 3.19. The molecule has 1 amide bonds. The van der Waals surface area contributed by atoms with Crippen LogP contribution in [0.2, 0.25) is 0 Å². The predicted molar refractivity (Wildman–Crippen MR) is 71.6 cm³/mol. The van der Waals surface area contributed by atoms with Crippen LogP contribution in [-0.2, 0) is 9.30 Å². The van der Waals surface area contributed by atoms with Crippen LogP contribution >= 0.6 is 7.60 Å². The number of nitrogens with zero attached hydrogens (tertiary/aromatic N) is 1. The Balaban J connectivity index is 2.47. The summed E-state index contributed by atoms with van der Waals surface area (Å²) in [6, 6.07) is 0.641. The fourth-order valence-electron chi connectivity index (χ4n) is 2.24. The smallest absolute Gasteiger partial charge is 0.331 e. The van der Waals surface area contributed by atoms with Crippen LogP contribution < -0.4 is 17.0 Å². The molecule has 4 atom stereocenters. The summed E-state index contributed by atoms with van der Waals surface area (Å²) in [5, 5.41) is 9.68. The maximum absolute atomic E-state index is 14.2. The number of amides is 1. The van der Waals surface area contributed by atoms with Gasteiger partial charge in [0.2, 0.25) is 0 Å². The predicted octanol–water partition coefficient (Wildman–Crippen LogP) is -2.59. The Bertz CT molecular complexity index is 785. The van der Waals surface area contributed by atoms with Gasteiger partial charge in [0.05, 0.1) is 6.16 Å². The van der Waals surface area contributed by atoms with Crippen LogP contribution in [0.15, 0.2) is 15.7 Å². The second kappa shape index (κ2) is 5.98. The minimum atomic E-state index is -4.64. The number of nitrogens with one attached hydrogen (secondary N) is 1. The average Bonchev–Trinajstić information content (AvgIpc) is 2.64. The number of nitrogens with two attached hydrogens (primary N) is 1. The number of hydrogen-bond donors (Lipinski definition) is 5. The van der Waals surface area contributed by atoms with Crippen LogP contribution in [0.1, 0.15) is 16.7 Å². The standard InChI is InChI=1S/C10H13FN3O8P/c11-6-7(16)4(2-23(19,20)21)22-9(6)14-3(8(12)17)1-5(15)13-10(14)18/h1,4,6-7,9,16H,2H2,(H2,12,17)(H,13,15,18)(H2,19,20,21)/t4-,6-,7-,9-/m1/s1. The fraction of sp³-hybridized carbons (Fsp3) is 0.500. The molecule has 2 heterocycles. The lowest BCUT2D eigenvalue weighted by Gasteiger charge is -2.18. The van der Waals surface area contributed by atoms with E-state index in [1.807, 2.05) is 0 Å². The molecule has 1 aliphatic heterocycles. The molecule has 0 aromatic carbocycles. The van der Waals surface area contributed by atoms with Crippen molar-refractivity contribution < 1.29 is 33.4 Å². The number of hydrogen-bond acceptors (Lipinski definition) is 6. The molecule has 128 valence electrons. The van der Waals surface area contributed by atoms with Crippen LogP contribution in [0.5, 0.6) is 0 Å². The molecule has 1 fully saturated rings. The number of aliphatic hydroxyl groups is 1. The zero-order valence-electron chi connectivity index (χ0n) is 11.3. The molecular formula is C10H13FN3O8P. The van der Waals surface area contributed by atoms with Gasteiger partial charge in [-0.15, -0.1) is 0 Å². The molecule has 1 aliphatic rings. The number of H-pyrrole nitrogens is 1. The van der Waals surface area contributed by atoms with Gasteiger partial charge in [-0.3, -0.25) is 23.7 Å². The van der Waals surface area contributed by atoms with E-state index < -0.39 is 61.2 Å². The van der Waals surface area contributed by atoms with Gasteiger partial charge in [0.25, 0.3) is 11.5 Å². The van der Waals surface area contributed by atoms with E-state index in [0.29, 0.717) is 10.6 Å². The number of carbonyl (C=O) groups excluding carboxylic acids is 1. The summed E-state index contributed by atoms with van der Waals surface area (Å²) in [5.41, 5.74) is 2.17. The lowest BCUT2D eigenvalue weighted by molar-refractivity contribution is -0.0197. The number of aliphatic hydroxyl groups excluding tert-OH is 1. The molecule has 1 aromatic heterocycles. The third kappa shape index (κ3) is 3.57. The highest BCUT2D eigenvalue weighted by molar-refractivity contribution is 7.51.